The summed E-state index contributed by atoms with van der Waals surface area (Å²) in [4.78, 5) is 8.29. The second-order valence-electron chi connectivity index (χ2n) is 3.11. The Morgan fingerprint density at radius 2 is 2.36 bits per heavy atom. The molecule has 1 aromatic rings. The third-order valence-electron chi connectivity index (χ3n) is 2.27. The van der Waals surface area contributed by atoms with Crippen LogP contribution in [0.4, 0.5) is 5.82 Å². The van der Waals surface area contributed by atoms with Crippen LogP contribution < -0.4 is 10.6 Å². The number of nitrogens with zero attached hydrogens (tertiary/aromatic N) is 3. The maximum absolute atomic E-state index is 8.74. The molecule has 0 fully saturated rings. The Bertz CT molecular complexity index is 376. The maximum Gasteiger partial charge on any atom is 0.234 e. The number of anilines is 1. The van der Waals surface area contributed by atoms with Crippen molar-refractivity contribution in [1.29, 1.82) is 5.26 Å². The van der Waals surface area contributed by atoms with Crippen LogP contribution in [-0.2, 0) is 13.0 Å². The first kappa shape index (κ1) is 8.91. The van der Waals surface area contributed by atoms with Crippen molar-refractivity contribution in [1.82, 2.24) is 15.3 Å². The molecule has 2 heterocycles. The van der Waals surface area contributed by atoms with Crippen LogP contribution in [0.5, 0.6) is 0 Å². The van der Waals surface area contributed by atoms with Crippen LogP contribution in [0.2, 0.25) is 0 Å². The van der Waals surface area contributed by atoms with E-state index < -0.39 is 0 Å². The summed E-state index contributed by atoms with van der Waals surface area (Å²) in [6.07, 6.45) is 0.862. The number of hydrogen-bond donors (Lipinski definition) is 2. The number of aromatic nitrogens is 2. The van der Waals surface area contributed by atoms with Gasteiger partial charge in [-0.25, -0.2) is 9.97 Å². The van der Waals surface area contributed by atoms with E-state index in [-0.39, 0.29) is 5.82 Å². The summed E-state index contributed by atoms with van der Waals surface area (Å²) in [7, 11) is 1.80. The van der Waals surface area contributed by atoms with E-state index in [9.17, 15) is 0 Å². The van der Waals surface area contributed by atoms with Gasteiger partial charge in [0.2, 0.25) is 5.82 Å². The molecule has 0 unspecified atom stereocenters. The van der Waals surface area contributed by atoms with Gasteiger partial charge in [-0.05, 0) is 0 Å². The first-order valence-electron chi connectivity index (χ1n) is 4.53. The zero-order chi connectivity index (χ0) is 9.97. The van der Waals surface area contributed by atoms with E-state index in [2.05, 4.69) is 20.6 Å². The highest BCUT2D eigenvalue weighted by atomic mass is 15.0. The van der Waals surface area contributed by atoms with Gasteiger partial charge in [-0.15, -0.1) is 0 Å². The van der Waals surface area contributed by atoms with Crippen LogP contribution in [0.15, 0.2) is 0 Å². The lowest BCUT2D eigenvalue weighted by atomic mass is 10.1. The predicted molar refractivity (Wildman–Crippen MR) is 51.7 cm³/mol. The molecule has 0 saturated heterocycles. The minimum Gasteiger partial charge on any atom is -0.373 e. The number of hydrogen-bond acceptors (Lipinski definition) is 5. The van der Waals surface area contributed by atoms with E-state index in [4.69, 9.17) is 5.26 Å². The summed E-state index contributed by atoms with van der Waals surface area (Å²) in [5.74, 6) is 1.01. The van der Waals surface area contributed by atoms with Crippen molar-refractivity contribution < 1.29 is 0 Å². The van der Waals surface area contributed by atoms with Crippen LogP contribution in [0, 0.1) is 11.3 Å². The SMILES string of the molecule is CNc1nc(C#N)nc2c1CNCC2. The minimum absolute atomic E-state index is 0.245. The molecule has 1 aromatic heterocycles. The monoisotopic (exact) mass is 189 g/mol. The Morgan fingerprint density at radius 3 is 3.07 bits per heavy atom. The van der Waals surface area contributed by atoms with Crippen molar-refractivity contribution in [2.24, 2.45) is 0 Å². The van der Waals surface area contributed by atoms with Gasteiger partial charge in [0.15, 0.2) is 0 Å². The average molecular weight is 189 g/mol. The zero-order valence-corrected chi connectivity index (χ0v) is 7.96. The Morgan fingerprint density at radius 1 is 1.50 bits per heavy atom. The lowest BCUT2D eigenvalue weighted by Crippen LogP contribution is -2.26. The van der Waals surface area contributed by atoms with Crippen molar-refractivity contribution >= 4 is 5.82 Å². The van der Waals surface area contributed by atoms with Crippen molar-refractivity contribution in [3.8, 4) is 6.07 Å². The van der Waals surface area contributed by atoms with Crippen LogP contribution in [0.1, 0.15) is 17.1 Å². The number of nitrogens with one attached hydrogen (secondary N) is 2. The Kier molecular flexibility index (Phi) is 2.29. The molecule has 72 valence electrons. The lowest BCUT2D eigenvalue weighted by molar-refractivity contribution is 0.626. The van der Waals surface area contributed by atoms with Crippen LogP contribution >= 0.6 is 0 Å². The molecule has 5 nitrogen and oxygen atoms in total. The van der Waals surface area contributed by atoms with E-state index in [0.29, 0.717) is 0 Å². The number of rotatable bonds is 1. The third kappa shape index (κ3) is 1.40. The molecule has 0 amide bonds. The molecule has 14 heavy (non-hydrogen) atoms. The molecule has 2 rings (SSSR count). The number of fused-ring (bicyclic) bond motifs is 1. The van der Waals surface area contributed by atoms with Gasteiger partial charge in [0.25, 0.3) is 0 Å². The van der Waals surface area contributed by atoms with Crippen molar-refractivity contribution in [3.63, 3.8) is 0 Å². The average Bonchev–Trinajstić information content (AvgIpc) is 2.27. The molecule has 2 N–H and O–H groups in total. The van der Waals surface area contributed by atoms with Crippen LogP contribution in [0.25, 0.3) is 0 Å². The van der Waals surface area contributed by atoms with E-state index >= 15 is 0 Å². The van der Waals surface area contributed by atoms with Gasteiger partial charge in [-0.1, -0.05) is 0 Å². The van der Waals surface area contributed by atoms with Gasteiger partial charge in [0.05, 0.1) is 5.69 Å². The molecule has 0 bridgehead atoms. The van der Waals surface area contributed by atoms with Gasteiger partial charge in [-0.3, -0.25) is 0 Å². The Hall–Kier alpha value is -1.67. The fourth-order valence-electron chi connectivity index (χ4n) is 1.60. The lowest BCUT2D eigenvalue weighted by Gasteiger charge is -2.18. The molecular formula is C9H11N5. The van der Waals surface area contributed by atoms with Gasteiger partial charge >= 0.3 is 0 Å². The second-order valence-corrected chi connectivity index (χ2v) is 3.11. The Balaban J connectivity index is 2.54. The van der Waals surface area contributed by atoms with Gasteiger partial charge in [0.1, 0.15) is 11.9 Å². The Labute approximate surface area is 82.2 Å². The molecule has 0 aromatic carbocycles. The summed E-state index contributed by atoms with van der Waals surface area (Å²) >= 11 is 0. The third-order valence-corrected chi connectivity index (χ3v) is 2.27. The minimum atomic E-state index is 0.245. The molecule has 5 heteroatoms. The topological polar surface area (TPSA) is 73.6 Å². The first-order valence-corrected chi connectivity index (χ1v) is 4.53. The highest BCUT2D eigenvalue weighted by Crippen LogP contribution is 2.18. The summed E-state index contributed by atoms with van der Waals surface area (Å²) in [6, 6.07) is 1.97. The standard InChI is InChI=1S/C9H11N5/c1-11-9-6-5-12-3-2-7(6)13-8(4-10)14-9/h12H,2-3,5H2,1H3,(H,11,13,14). The first-order chi connectivity index (χ1) is 6.85. The molecular weight excluding hydrogens is 178 g/mol. The van der Waals surface area contributed by atoms with Crippen molar-refractivity contribution in [2.45, 2.75) is 13.0 Å². The molecule has 1 aliphatic heterocycles. The number of nitriles is 1. The summed E-state index contributed by atoms with van der Waals surface area (Å²) in [5, 5.41) is 15.0. The molecule has 0 spiro atoms. The molecule has 1 aliphatic rings. The fraction of sp³-hybridized carbons (Fsp3) is 0.444. The maximum atomic E-state index is 8.74. The predicted octanol–water partition coefficient (Wildman–Crippen LogP) is 0.0357. The highest BCUT2D eigenvalue weighted by Gasteiger charge is 2.16. The molecule has 0 atom stereocenters. The van der Waals surface area contributed by atoms with Crippen LogP contribution in [0.3, 0.4) is 0 Å². The summed E-state index contributed by atoms with van der Waals surface area (Å²) in [6.45, 7) is 1.69. The van der Waals surface area contributed by atoms with Gasteiger partial charge in [0, 0.05) is 32.1 Å². The van der Waals surface area contributed by atoms with Crippen molar-refractivity contribution in [2.75, 3.05) is 18.9 Å². The normalized spacial score (nSPS) is 14.3. The van der Waals surface area contributed by atoms with Gasteiger partial charge < -0.3 is 10.6 Å². The smallest absolute Gasteiger partial charge is 0.234 e. The molecule has 0 saturated carbocycles. The zero-order valence-electron chi connectivity index (χ0n) is 7.96. The van der Waals surface area contributed by atoms with E-state index in [1.165, 1.54) is 0 Å². The fourth-order valence-corrected chi connectivity index (χ4v) is 1.60. The van der Waals surface area contributed by atoms with Gasteiger partial charge in [-0.2, -0.15) is 5.26 Å². The van der Waals surface area contributed by atoms with E-state index in [1.54, 1.807) is 7.05 Å². The quantitative estimate of drug-likeness (QED) is 0.652. The second kappa shape index (κ2) is 3.60. The largest absolute Gasteiger partial charge is 0.373 e. The molecule has 0 aliphatic carbocycles. The summed E-state index contributed by atoms with van der Waals surface area (Å²) < 4.78 is 0. The van der Waals surface area contributed by atoms with E-state index in [1.807, 2.05) is 6.07 Å². The van der Waals surface area contributed by atoms with E-state index in [0.717, 1.165) is 36.6 Å². The highest BCUT2D eigenvalue weighted by molar-refractivity contribution is 5.48. The molecule has 0 radical (unpaired) electrons. The van der Waals surface area contributed by atoms with Crippen molar-refractivity contribution in [3.05, 3.63) is 17.1 Å². The van der Waals surface area contributed by atoms with Crippen LogP contribution in [-0.4, -0.2) is 23.6 Å². The summed E-state index contributed by atoms with van der Waals surface area (Å²) in [5.41, 5.74) is 2.07.